The lowest BCUT2D eigenvalue weighted by molar-refractivity contribution is 0.0924. The molecule has 0 unspecified atom stereocenters. The number of fused-ring (bicyclic) bond motifs is 1. The van der Waals surface area contributed by atoms with Crippen LogP contribution >= 0.6 is 0 Å². The Morgan fingerprint density at radius 3 is 2.36 bits per heavy atom. The Hall–Kier alpha value is -3.67. The third kappa shape index (κ3) is 2.70. The van der Waals surface area contributed by atoms with Gasteiger partial charge in [-0.3, -0.25) is 14.4 Å². The Bertz CT molecular complexity index is 1140. The number of imide groups is 1. The monoisotopic (exact) mass is 374 g/mol. The third-order valence-corrected chi connectivity index (χ3v) is 4.89. The molecule has 1 aromatic heterocycles. The summed E-state index contributed by atoms with van der Waals surface area (Å²) in [6.45, 7) is 5.40. The van der Waals surface area contributed by atoms with Crippen LogP contribution in [0, 0.1) is 20.8 Å². The van der Waals surface area contributed by atoms with Gasteiger partial charge in [0.2, 0.25) is 0 Å². The van der Waals surface area contributed by atoms with Crippen molar-refractivity contribution in [1.29, 1.82) is 0 Å². The molecule has 2 heterocycles. The summed E-state index contributed by atoms with van der Waals surface area (Å²) in [5.74, 6) is -0.775. The van der Waals surface area contributed by atoms with Gasteiger partial charge in [0.05, 0.1) is 23.1 Å². The van der Waals surface area contributed by atoms with Gasteiger partial charge in [-0.15, -0.1) is 0 Å². The van der Waals surface area contributed by atoms with E-state index in [1.165, 1.54) is 11.2 Å². The first-order chi connectivity index (χ1) is 13.4. The number of anilines is 2. The number of furan rings is 1. The van der Waals surface area contributed by atoms with Crippen LogP contribution in [0.2, 0.25) is 0 Å². The van der Waals surface area contributed by atoms with Gasteiger partial charge < -0.3 is 9.73 Å². The molecule has 0 atom stereocenters. The van der Waals surface area contributed by atoms with Crippen LogP contribution in [0.25, 0.3) is 0 Å². The SMILES string of the molecule is Cc1cc(NC(=O)c2occc2C)ccc1N1C(=O)c2cccc(C)c2C1=O. The molecule has 1 N–H and O–H groups in total. The smallest absolute Gasteiger partial charge is 0.291 e. The van der Waals surface area contributed by atoms with Crippen LogP contribution in [0.1, 0.15) is 48.0 Å². The molecule has 2 aromatic carbocycles. The van der Waals surface area contributed by atoms with Crippen molar-refractivity contribution >= 4 is 29.1 Å². The summed E-state index contributed by atoms with van der Waals surface area (Å²) in [5.41, 5.74) is 4.11. The molecule has 1 aliphatic rings. The number of rotatable bonds is 3. The second-order valence-corrected chi connectivity index (χ2v) is 6.83. The number of nitrogens with one attached hydrogen (secondary N) is 1. The number of nitrogens with zero attached hydrogens (tertiary/aromatic N) is 1. The van der Waals surface area contributed by atoms with E-state index in [2.05, 4.69) is 5.32 Å². The van der Waals surface area contributed by atoms with Gasteiger partial charge in [-0.25, -0.2) is 4.90 Å². The molecule has 0 aliphatic carbocycles. The van der Waals surface area contributed by atoms with Crippen molar-refractivity contribution in [3.05, 3.63) is 82.3 Å². The largest absolute Gasteiger partial charge is 0.459 e. The molecule has 6 nitrogen and oxygen atoms in total. The van der Waals surface area contributed by atoms with Crippen LogP contribution in [0.3, 0.4) is 0 Å². The molecule has 0 spiro atoms. The average molecular weight is 374 g/mol. The van der Waals surface area contributed by atoms with Gasteiger partial charge in [-0.1, -0.05) is 12.1 Å². The molecule has 28 heavy (non-hydrogen) atoms. The predicted octanol–water partition coefficient (Wildman–Crippen LogP) is 4.26. The number of hydrogen-bond acceptors (Lipinski definition) is 4. The molecule has 4 rings (SSSR count). The summed E-state index contributed by atoms with van der Waals surface area (Å²) in [6.07, 6.45) is 1.46. The van der Waals surface area contributed by atoms with Crippen LogP contribution in [0.4, 0.5) is 11.4 Å². The van der Waals surface area contributed by atoms with E-state index in [9.17, 15) is 14.4 Å². The highest BCUT2D eigenvalue weighted by molar-refractivity contribution is 6.35. The normalized spacial score (nSPS) is 13.0. The number of amides is 3. The van der Waals surface area contributed by atoms with Gasteiger partial charge in [0.15, 0.2) is 5.76 Å². The van der Waals surface area contributed by atoms with E-state index >= 15 is 0 Å². The minimum absolute atomic E-state index is 0.248. The quantitative estimate of drug-likeness (QED) is 0.695. The van der Waals surface area contributed by atoms with Gasteiger partial charge in [-0.2, -0.15) is 0 Å². The highest BCUT2D eigenvalue weighted by Crippen LogP contribution is 2.33. The summed E-state index contributed by atoms with van der Waals surface area (Å²) in [4.78, 5) is 39.2. The fourth-order valence-electron chi connectivity index (χ4n) is 3.45. The van der Waals surface area contributed by atoms with Gasteiger partial charge in [0, 0.05) is 11.3 Å². The lowest BCUT2D eigenvalue weighted by Gasteiger charge is -2.17. The number of hydrogen-bond donors (Lipinski definition) is 1. The standard InChI is InChI=1S/C22H18N2O4/c1-12-5-4-6-16-18(12)22(27)24(21(16)26)17-8-7-15(11-14(17)3)23-20(25)19-13(2)9-10-28-19/h4-11H,1-3H3,(H,23,25). The molecule has 3 amide bonds. The number of carbonyl (C=O) groups excluding carboxylic acids is 3. The zero-order chi connectivity index (χ0) is 20.0. The molecule has 6 heteroatoms. The van der Waals surface area contributed by atoms with Gasteiger partial charge in [-0.05, 0) is 62.2 Å². The molecule has 3 aromatic rings. The second-order valence-electron chi connectivity index (χ2n) is 6.83. The molecule has 0 radical (unpaired) electrons. The van der Waals surface area contributed by atoms with E-state index in [1.807, 2.05) is 13.0 Å². The lowest BCUT2D eigenvalue weighted by Crippen LogP contribution is -2.30. The number of aryl methyl sites for hydroxylation is 3. The first-order valence-electron chi connectivity index (χ1n) is 8.83. The Labute approximate surface area is 161 Å². The molecule has 0 saturated carbocycles. The van der Waals surface area contributed by atoms with Crippen molar-refractivity contribution in [2.75, 3.05) is 10.2 Å². The Morgan fingerprint density at radius 1 is 0.929 bits per heavy atom. The highest BCUT2D eigenvalue weighted by Gasteiger charge is 2.38. The van der Waals surface area contributed by atoms with Gasteiger partial charge >= 0.3 is 0 Å². The summed E-state index contributed by atoms with van der Waals surface area (Å²) in [6, 6.07) is 12.0. The summed E-state index contributed by atoms with van der Waals surface area (Å²) in [5, 5.41) is 2.77. The Kier molecular flexibility index (Phi) is 4.11. The first kappa shape index (κ1) is 17.7. The third-order valence-electron chi connectivity index (χ3n) is 4.89. The zero-order valence-corrected chi connectivity index (χ0v) is 15.7. The Morgan fingerprint density at radius 2 is 1.71 bits per heavy atom. The first-order valence-corrected chi connectivity index (χ1v) is 8.83. The van der Waals surface area contributed by atoms with Crippen molar-refractivity contribution < 1.29 is 18.8 Å². The summed E-state index contributed by atoms with van der Waals surface area (Å²) >= 11 is 0. The maximum atomic E-state index is 12.9. The van der Waals surface area contributed by atoms with Crippen LogP contribution < -0.4 is 10.2 Å². The molecular formula is C22H18N2O4. The molecule has 140 valence electrons. The molecule has 1 aliphatic heterocycles. The van der Waals surface area contributed by atoms with E-state index in [1.54, 1.807) is 50.2 Å². The maximum absolute atomic E-state index is 12.9. The topological polar surface area (TPSA) is 79.6 Å². The number of benzene rings is 2. The van der Waals surface area contributed by atoms with Crippen molar-refractivity contribution in [3.8, 4) is 0 Å². The van der Waals surface area contributed by atoms with E-state index < -0.39 is 0 Å². The van der Waals surface area contributed by atoms with Crippen LogP contribution in [0.5, 0.6) is 0 Å². The maximum Gasteiger partial charge on any atom is 0.291 e. The van der Waals surface area contributed by atoms with Crippen LogP contribution in [-0.4, -0.2) is 17.7 Å². The fourth-order valence-corrected chi connectivity index (χ4v) is 3.45. The van der Waals surface area contributed by atoms with Crippen molar-refractivity contribution in [2.24, 2.45) is 0 Å². The minimum Gasteiger partial charge on any atom is -0.459 e. The van der Waals surface area contributed by atoms with Crippen LogP contribution in [-0.2, 0) is 0 Å². The second kappa shape index (κ2) is 6.49. The minimum atomic E-state index is -0.356. The van der Waals surface area contributed by atoms with Gasteiger partial charge in [0.1, 0.15) is 0 Å². The van der Waals surface area contributed by atoms with Crippen molar-refractivity contribution in [2.45, 2.75) is 20.8 Å². The van der Waals surface area contributed by atoms with E-state index in [-0.39, 0.29) is 23.5 Å². The average Bonchev–Trinajstić information content (AvgIpc) is 3.18. The molecule has 0 bridgehead atoms. The highest BCUT2D eigenvalue weighted by atomic mass is 16.3. The van der Waals surface area contributed by atoms with Crippen molar-refractivity contribution in [1.82, 2.24) is 0 Å². The zero-order valence-electron chi connectivity index (χ0n) is 15.7. The van der Waals surface area contributed by atoms with Gasteiger partial charge in [0.25, 0.3) is 17.7 Å². The Balaban J connectivity index is 1.63. The molecule has 0 fully saturated rings. The van der Waals surface area contributed by atoms with E-state index in [0.717, 1.165) is 11.1 Å². The summed E-state index contributed by atoms with van der Waals surface area (Å²) < 4.78 is 5.20. The summed E-state index contributed by atoms with van der Waals surface area (Å²) in [7, 11) is 0. The van der Waals surface area contributed by atoms with Crippen molar-refractivity contribution in [3.63, 3.8) is 0 Å². The lowest BCUT2D eigenvalue weighted by atomic mass is 10.0. The van der Waals surface area contributed by atoms with E-state index in [4.69, 9.17) is 4.42 Å². The van der Waals surface area contributed by atoms with E-state index in [0.29, 0.717) is 28.1 Å². The fraction of sp³-hybridized carbons (Fsp3) is 0.136. The number of carbonyl (C=O) groups is 3. The van der Waals surface area contributed by atoms with Crippen LogP contribution in [0.15, 0.2) is 53.1 Å². The molecular weight excluding hydrogens is 356 g/mol. The predicted molar refractivity (Wildman–Crippen MR) is 105 cm³/mol. The molecule has 0 saturated heterocycles.